The van der Waals surface area contributed by atoms with Gasteiger partial charge < -0.3 is 19.4 Å². The monoisotopic (exact) mass is 388 g/mol. The summed E-state index contributed by atoms with van der Waals surface area (Å²) in [5, 5.41) is 3.47. The van der Waals surface area contributed by atoms with Crippen LogP contribution in [0.4, 0.5) is 4.39 Å². The largest absolute Gasteiger partial charge is 0.468 e. The molecule has 0 aliphatic carbocycles. The predicted molar refractivity (Wildman–Crippen MR) is 108 cm³/mol. The minimum atomic E-state index is -0.241. The second kappa shape index (κ2) is 9.21. The molecule has 2 heterocycles. The molecule has 2 aromatic rings. The van der Waals surface area contributed by atoms with Crippen LogP contribution in [0.3, 0.4) is 0 Å². The van der Waals surface area contributed by atoms with Crippen LogP contribution in [-0.4, -0.2) is 62.6 Å². The van der Waals surface area contributed by atoms with Crippen molar-refractivity contribution < 1.29 is 13.5 Å². The van der Waals surface area contributed by atoms with Crippen molar-refractivity contribution in [3.8, 4) is 0 Å². The number of rotatable bonds is 5. The van der Waals surface area contributed by atoms with Gasteiger partial charge >= 0.3 is 0 Å². The molecule has 0 spiro atoms. The van der Waals surface area contributed by atoms with Gasteiger partial charge in [0.2, 0.25) is 0 Å². The molecule has 3 atom stereocenters. The average molecular weight is 388 g/mol. The Bertz CT molecular complexity index is 761. The van der Waals surface area contributed by atoms with E-state index in [1.807, 2.05) is 33.2 Å². The summed E-state index contributed by atoms with van der Waals surface area (Å²) >= 11 is 0. The molecule has 0 bridgehead atoms. The van der Waals surface area contributed by atoms with Gasteiger partial charge in [-0.3, -0.25) is 9.89 Å². The zero-order valence-electron chi connectivity index (χ0n) is 16.9. The molecule has 6 nitrogen and oxygen atoms in total. The van der Waals surface area contributed by atoms with Gasteiger partial charge in [0, 0.05) is 20.1 Å². The topological polar surface area (TPSA) is 53.2 Å². The number of likely N-dealkylation sites (N-methyl/N-ethyl adjacent to an activating group) is 1. The molecule has 3 rings (SSSR count). The van der Waals surface area contributed by atoms with Crippen LogP contribution < -0.4 is 5.32 Å². The molecule has 1 aromatic carbocycles. The first kappa shape index (κ1) is 20.4. The molecule has 1 aliphatic rings. The quantitative estimate of drug-likeness (QED) is 0.630. The zero-order chi connectivity index (χ0) is 20.1. The van der Waals surface area contributed by atoms with E-state index in [1.54, 1.807) is 25.4 Å². The van der Waals surface area contributed by atoms with Crippen LogP contribution in [0, 0.1) is 5.82 Å². The van der Waals surface area contributed by atoms with E-state index in [1.165, 1.54) is 12.1 Å². The standard InChI is InChI=1S/C21H29FN4O2/c1-15-13-26(14-20(28-15)16-7-9-17(22)10-8-16)21(23-2)24-12-18(25(3)4)19-6-5-11-27-19/h5-11,15,18,20H,12-14H2,1-4H3,(H,23,24). The van der Waals surface area contributed by atoms with Crippen molar-refractivity contribution in [3.05, 3.63) is 59.8 Å². The lowest BCUT2D eigenvalue weighted by atomic mass is 10.1. The van der Waals surface area contributed by atoms with Crippen LogP contribution in [0.2, 0.25) is 0 Å². The lowest BCUT2D eigenvalue weighted by Crippen LogP contribution is -2.51. The van der Waals surface area contributed by atoms with E-state index in [9.17, 15) is 4.39 Å². The van der Waals surface area contributed by atoms with Crippen LogP contribution in [0.1, 0.15) is 30.4 Å². The number of morpholine rings is 1. The molecule has 1 aromatic heterocycles. The van der Waals surface area contributed by atoms with Crippen molar-refractivity contribution in [1.82, 2.24) is 15.1 Å². The fourth-order valence-electron chi connectivity index (χ4n) is 3.52. The Morgan fingerprint density at radius 3 is 2.64 bits per heavy atom. The fourth-order valence-corrected chi connectivity index (χ4v) is 3.52. The lowest BCUT2D eigenvalue weighted by molar-refractivity contribution is -0.0605. The maximum absolute atomic E-state index is 13.3. The number of hydrogen-bond donors (Lipinski definition) is 1. The Labute approximate surface area is 166 Å². The van der Waals surface area contributed by atoms with Crippen LogP contribution in [0.15, 0.2) is 52.1 Å². The summed E-state index contributed by atoms with van der Waals surface area (Å²) in [5.41, 5.74) is 0.968. The summed E-state index contributed by atoms with van der Waals surface area (Å²) < 4.78 is 24.9. The normalized spacial score (nSPS) is 21.8. The molecule has 1 aliphatic heterocycles. The molecular weight excluding hydrogens is 359 g/mol. The number of halogens is 1. The van der Waals surface area contributed by atoms with Crippen LogP contribution in [0.5, 0.6) is 0 Å². The van der Waals surface area contributed by atoms with Gasteiger partial charge in [0.05, 0.1) is 25.0 Å². The molecule has 0 saturated carbocycles. The first-order valence-electron chi connectivity index (χ1n) is 9.54. The fraction of sp³-hybridized carbons (Fsp3) is 0.476. The van der Waals surface area contributed by atoms with Gasteiger partial charge in [-0.05, 0) is 50.8 Å². The van der Waals surface area contributed by atoms with Gasteiger partial charge in [-0.25, -0.2) is 4.39 Å². The first-order chi connectivity index (χ1) is 13.5. The number of nitrogens with one attached hydrogen (secondary N) is 1. The minimum Gasteiger partial charge on any atom is -0.468 e. The van der Waals surface area contributed by atoms with Gasteiger partial charge in [0.25, 0.3) is 0 Å². The molecule has 1 saturated heterocycles. The Kier molecular flexibility index (Phi) is 6.70. The molecule has 1 N–H and O–H groups in total. The summed E-state index contributed by atoms with van der Waals surface area (Å²) in [6.07, 6.45) is 1.60. The number of benzene rings is 1. The van der Waals surface area contributed by atoms with E-state index in [0.29, 0.717) is 13.1 Å². The summed E-state index contributed by atoms with van der Waals surface area (Å²) in [7, 11) is 5.84. The van der Waals surface area contributed by atoms with E-state index < -0.39 is 0 Å². The molecule has 1 fully saturated rings. The van der Waals surface area contributed by atoms with E-state index >= 15 is 0 Å². The van der Waals surface area contributed by atoms with Crippen LogP contribution >= 0.6 is 0 Å². The summed E-state index contributed by atoms with van der Waals surface area (Å²) in [6, 6.07) is 10.5. The summed E-state index contributed by atoms with van der Waals surface area (Å²) in [6.45, 7) is 4.11. The van der Waals surface area contributed by atoms with E-state index in [2.05, 4.69) is 20.1 Å². The summed E-state index contributed by atoms with van der Waals surface area (Å²) in [5.74, 6) is 1.49. The average Bonchev–Trinajstić information content (AvgIpc) is 3.19. The van der Waals surface area contributed by atoms with E-state index in [4.69, 9.17) is 9.15 Å². The van der Waals surface area contributed by atoms with Gasteiger partial charge in [-0.2, -0.15) is 0 Å². The van der Waals surface area contributed by atoms with Crippen molar-refractivity contribution in [3.63, 3.8) is 0 Å². The third-order valence-corrected chi connectivity index (χ3v) is 4.96. The van der Waals surface area contributed by atoms with Crippen molar-refractivity contribution in [2.75, 3.05) is 40.8 Å². The first-order valence-corrected chi connectivity index (χ1v) is 9.54. The number of guanidine groups is 1. The predicted octanol–water partition coefficient (Wildman–Crippen LogP) is 3.06. The van der Waals surface area contributed by atoms with Gasteiger partial charge in [0.15, 0.2) is 5.96 Å². The second-order valence-corrected chi connectivity index (χ2v) is 7.31. The summed E-state index contributed by atoms with van der Waals surface area (Å²) in [4.78, 5) is 8.77. The highest BCUT2D eigenvalue weighted by Crippen LogP contribution is 2.26. The van der Waals surface area contributed by atoms with Crippen molar-refractivity contribution >= 4 is 5.96 Å². The third kappa shape index (κ3) is 4.91. The second-order valence-electron chi connectivity index (χ2n) is 7.31. The van der Waals surface area contributed by atoms with Crippen molar-refractivity contribution in [2.24, 2.45) is 4.99 Å². The molecule has 0 radical (unpaired) electrons. The smallest absolute Gasteiger partial charge is 0.193 e. The third-order valence-electron chi connectivity index (χ3n) is 4.96. The maximum Gasteiger partial charge on any atom is 0.193 e. The van der Waals surface area contributed by atoms with Crippen molar-refractivity contribution in [1.29, 1.82) is 0 Å². The Morgan fingerprint density at radius 1 is 1.29 bits per heavy atom. The van der Waals surface area contributed by atoms with Crippen LogP contribution in [-0.2, 0) is 4.74 Å². The highest BCUT2D eigenvalue weighted by atomic mass is 19.1. The zero-order valence-corrected chi connectivity index (χ0v) is 16.9. The molecule has 7 heteroatoms. The van der Waals surface area contributed by atoms with Crippen LogP contribution in [0.25, 0.3) is 0 Å². The Morgan fingerprint density at radius 2 is 2.04 bits per heavy atom. The van der Waals surface area contributed by atoms with Gasteiger partial charge in [-0.15, -0.1) is 0 Å². The molecular formula is C21H29FN4O2. The maximum atomic E-state index is 13.3. The Hall–Kier alpha value is -2.38. The van der Waals surface area contributed by atoms with Crippen molar-refractivity contribution in [2.45, 2.75) is 25.2 Å². The van der Waals surface area contributed by atoms with Gasteiger partial charge in [-0.1, -0.05) is 12.1 Å². The number of hydrogen-bond acceptors (Lipinski definition) is 4. The number of ether oxygens (including phenoxy) is 1. The van der Waals surface area contributed by atoms with Gasteiger partial charge in [0.1, 0.15) is 17.7 Å². The highest BCUT2D eigenvalue weighted by molar-refractivity contribution is 5.80. The minimum absolute atomic E-state index is 0.0390. The molecule has 28 heavy (non-hydrogen) atoms. The molecule has 152 valence electrons. The van der Waals surface area contributed by atoms with E-state index in [-0.39, 0.29) is 24.1 Å². The lowest BCUT2D eigenvalue weighted by Gasteiger charge is -2.39. The number of furan rings is 1. The number of aliphatic imine (C=N–C) groups is 1. The Balaban J connectivity index is 1.68. The highest BCUT2D eigenvalue weighted by Gasteiger charge is 2.29. The number of nitrogens with zero attached hydrogens (tertiary/aromatic N) is 3. The molecule has 3 unspecified atom stereocenters. The SMILES string of the molecule is CN=C(NCC(c1ccco1)N(C)C)N1CC(C)OC(c2ccc(F)cc2)C1. The molecule has 0 amide bonds. The van der Waals surface area contributed by atoms with E-state index in [0.717, 1.165) is 23.8 Å².